The van der Waals surface area contributed by atoms with Crippen molar-refractivity contribution in [2.75, 3.05) is 33.2 Å². The number of aromatic nitrogens is 1. The van der Waals surface area contributed by atoms with Crippen molar-refractivity contribution in [3.05, 3.63) is 69.0 Å². The van der Waals surface area contributed by atoms with E-state index in [1.165, 1.54) is 36.8 Å². The minimum absolute atomic E-state index is 0.0632. The molecule has 0 radical (unpaired) electrons. The summed E-state index contributed by atoms with van der Waals surface area (Å²) in [5.74, 6) is -2.19. The number of ketones is 1. The van der Waals surface area contributed by atoms with Gasteiger partial charge in [-0.1, -0.05) is 23.2 Å². The first-order chi connectivity index (χ1) is 14.2. The lowest BCUT2D eigenvalue weighted by molar-refractivity contribution is 0.0556. The minimum atomic E-state index is -0.848. The quantitative estimate of drug-likeness (QED) is 0.431. The van der Waals surface area contributed by atoms with Gasteiger partial charge in [0.1, 0.15) is 16.8 Å². The molecule has 9 heteroatoms. The van der Waals surface area contributed by atoms with E-state index in [0.29, 0.717) is 10.5 Å². The van der Waals surface area contributed by atoms with Crippen LogP contribution in [0.2, 0.25) is 10.0 Å². The van der Waals surface area contributed by atoms with E-state index in [2.05, 4.69) is 0 Å². The number of pyridine rings is 1. The molecule has 156 valence electrons. The fourth-order valence-electron chi connectivity index (χ4n) is 3.16. The average Bonchev–Trinajstić information content (AvgIpc) is 3.06. The fraction of sp³-hybridized carbons (Fsp3) is 0.190. The average molecular weight is 449 g/mol. The Labute approximate surface area is 182 Å². The molecule has 0 amide bonds. The number of halogens is 2. The Morgan fingerprint density at radius 1 is 0.933 bits per heavy atom. The van der Waals surface area contributed by atoms with Gasteiger partial charge in [0.15, 0.2) is 0 Å². The Morgan fingerprint density at radius 2 is 1.57 bits per heavy atom. The van der Waals surface area contributed by atoms with Crippen LogP contribution in [0.15, 0.2) is 36.5 Å². The number of esters is 2. The van der Waals surface area contributed by atoms with Crippen LogP contribution in [-0.2, 0) is 9.47 Å². The number of hydrogen-bond acceptors (Lipinski definition) is 6. The van der Waals surface area contributed by atoms with E-state index >= 15 is 0 Å². The summed E-state index contributed by atoms with van der Waals surface area (Å²) in [6.45, 7) is 0. The molecule has 2 aromatic heterocycles. The van der Waals surface area contributed by atoms with Crippen molar-refractivity contribution >= 4 is 52.1 Å². The molecule has 2 heterocycles. The van der Waals surface area contributed by atoms with Crippen LogP contribution in [-0.4, -0.2) is 50.4 Å². The van der Waals surface area contributed by atoms with Crippen LogP contribution in [0, 0.1) is 0 Å². The van der Waals surface area contributed by atoms with Crippen LogP contribution in [0.1, 0.15) is 36.8 Å². The van der Waals surface area contributed by atoms with Gasteiger partial charge < -0.3 is 18.8 Å². The molecule has 1 aromatic carbocycles. The van der Waals surface area contributed by atoms with E-state index in [4.69, 9.17) is 32.7 Å². The van der Waals surface area contributed by atoms with Crippen molar-refractivity contribution in [2.24, 2.45) is 0 Å². The minimum Gasteiger partial charge on any atom is -0.465 e. The van der Waals surface area contributed by atoms with Crippen LogP contribution in [0.3, 0.4) is 0 Å². The SMILES string of the molecule is COC(=O)c1c(C(=O)OC)c2cc(N(C)C)ccn2c1C(=O)c1ccc(Cl)cc1Cl. The maximum absolute atomic E-state index is 13.5. The summed E-state index contributed by atoms with van der Waals surface area (Å²) in [6.07, 6.45) is 1.60. The van der Waals surface area contributed by atoms with Gasteiger partial charge in [0.25, 0.3) is 0 Å². The second kappa shape index (κ2) is 8.38. The summed E-state index contributed by atoms with van der Waals surface area (Å²) < 4.78 is 11.2. The highest BCUT2D eigenvalue weighted by Gasteiger charge is 2.33. The maximum Gasteiger partial charge on any atom is 0.341 e. The third-order valence-corrected chi connectivity index (χ3v) is 5.16. The smallest absolute Gasteiger partial charge is 0.341 e. The third-order valence-electron chi connectivity index (χ3n) is 4.61. The van der Waals surface area contributed by atoms with Gasteiger partial charge in [0, 0.05) is 36.6 Å². The van der Waals surface area contributed by atoms with Crippen molar-refractivity contribution < 1.29 is 23.9 Å². The van der Waals surface area contributed by atoms with E-state index in [1.807, 2.05) is 19.0 Å². The molecule has 0 atom stereocenters. The molecule has 3 aromatic rings. The Balaban J connectivity index is 2.43. The van der Waals surface area contributed by atoms with Crippen LogP contribution in [0.25, 0.3) is 5.52 Å². The number of carbonyl (C=O) groups is 3. The molecule has 0 unspecified atom stereocenters. The van der Waals surface area contributed by atoms with Gasteiger partial charge >= 0.3 is 11.9 Å². The lowest BCUT2D eigenvalue weighted by Gasteiger charge is -2.13. The summed E-state index contributed by atoms with van der Waals surface area (Å²) >= 11 is 12.2. The summed E-state index contributed by atoms with van der Waals surface area (Å²) in [6, 6.07) is 7.82. The molecule has 0 saturated carbocycles. The normalized spacial score (nSPS) is 10.7. The van der Waals surface area contributed by atoms with Gasteiger partial charge in [-0.2, -0.15) is 0 Å². The van der Waals surface area contributed by atoms with E-state index in [9.17, 15) is 14.4 Å². The maximum atomic E-state index is 13.5. The largest absolute Gasteiger partial charge is 0.465 e. The van der Waals surface area contributed by atoms with Crippen molar-refractivity contribution in [3.63, 3.8) is 0 Å². The lowest BCUT2D eigenvalue weighted by atomic mass is 10.0. The molecule has 30 heavy (non-hydrogen) atoms. The summed E-state index contributed by atoms with van der Waals surface area (Å²) in [5, 5.41) is 0.471. The third kappa shape index (κ3) is 3.62. The first-order valence-electron chi connectivity index (χ1n) is 8.73. The van der Waals surface area contributed by atoms with E-state index in [0.717, 1.165) is 5.69 Å². The molecular weight excluding hydrogens is 431 g/mol. The van der Waals surface area contributed by atoms with Gasteiger partial charge in [0.2, 0.25) is 5.78 Å². The van der Waals surface area contributed by atoms with Gasteiger partial charge in [-0.25, -0.2) is 9.59 Å². The standard InChI is InChI=1S/C21H18Cl2N2O5/c1-24(2)12-7-8-25-15(10-12)16(20(27)29-3)17(21(28)30-4)18(25)19(26)13-6-5-11(22)9-14(13)23/h5-10H,1-4H3. The first-order valence-corrected chi connectivity index (χ1v) is 9.48. The number of hydrogen-bond donors (Lipinski definition) is 0. The summed E-state index contributed by atoms with van der Waals surface area (Å²) in [4.78, 5) is 40.6. The Morgan fingerprint density at radius 3 is 2.13 bits per heavy atom. The fourth-order valence-corrected chi connectivity index (χ4v) is 3.65. The van der Waals surface area contributed by atoms with Gasteiger partial charge in [-0.15, -0.1) is 0 Å². The predicted molar refractivity (Wildman–Crippen MR) is 114 cm³/mol. The van der Waals surface area contributed by atoms with Gasteiger partial charge in [-0.05, 0) is 30.3 Å². The van der Waals surface area contributed by atoms with Crippen LogP contribution in [0.4, 0.5) is 5.69 Å². The molecule has 0 saturated heterocycles. The number of rotatable bonds is 5. The monoisotopic (exact) mass is 448 g/mol. The molecule has 0 aliphatic rings. The van der Waals surface area contributed by atoms with Gasteiger partial charge in [0.05, 0.1) is 24.8 Å². The highest BCUT2D eigenvalue weighted by Crippen LogP contribution is 2.32. The molecule has 0 aliphatic carbocycles. The first kappa shape index (κ1) is 21.7. The summed E-state index contributed by atoms with van der Waals surface area (Å²) in [7, 11) is 6.02. The number of benzene rings is 1. The topological polar surface area (TPSA) is 77.3 Å². The zero-order chi connectivity index (χ0) is 22.2. The van der Waals surface area contributed by atoms with Crippen LogP contribution >= 0.6 is 23.2 Å². The Bertz CT molecular complexity index is 1180. The number of anilines is 1. The molecule has 7 nitrogen and oxygen atoms in total. The van der Waals surface area contributed by atoms with Gasteiger partial charge in [-0.3, -0.25) is 4.79 Å². The second-order valence-corrected chi connectivity index (χ2v) is 7.41. The van der Waals surface area contributed by atoms with Crippen molar-refractivity contribution in [1.29, 1.82) is 0 Å². The molecule has 0 bridgehead atoms. The Hall–Kier alpha value is -3.03. The van der Waals surface area contributed by atoms with E-state index in [-0.39, 0.29) is 27.4 Å². The molecule has 0 N–H and O–H groups in total. The second-order valence-electron chi connectivity index (χ2n) is 6.57. The zero-order valence-electron chi connectivity index (χ0n) is 16.7. The van der Waals surface area contributed by atoms with Crippen molar-refractivity contribution in [2.45, 2.75) is 0 Å². The molecule has 3 rings (SSSR count). The van der Waals surface area contributed by atoms with E-state index in [1.54, 1.807) is 18.3 Å². The number of nitrogens with zero attached hydrogens (tertiary/aromatic N) is 2. The summed E-state index contributed by atoms with van der Waals surface area (Å²) in [5.41, 5.74) is 0.871. The molecular formula is C21H18Cl2N2O5. The number of ether oxygens (including phenoxy) is 2. The molecule has 0 aliphatic heterocycles. The highest BCUT2D eigenvalue weighted by molar-refractivity contribution is 6.38. The van der Waals surface area contributed by atoms with Crippen molar-refractivity contribution in [1.82, 2.24) is 4.40 Å². The number of carbonyl (C=O) groups excluding carboxylic acids is 3. The van der Waals surface area contributed by atoms with E-state index < -0.39 is 17.7 Å². The highest BCUT2D eigenvalue weighted by atomic mass is 35.5. The lowest BCUT2D eigenvalue weighted by Crippen LogP contribution is -2.15. The van der Waals surface area contributed by atoms with Crippen LogP contribution < -0.4 is 4.90 Å². The zero-order valence-corrected chi connectivity index (χ0v) is 18.2. The number of methoxy groups -OCH3 is 2. The molecule has 0 spiro atoms. The predicted octanol–water partition coefficient (Wildman–Crippen LogP) is 4.12. The van der Waals surface area contributed by atoms with Crippen LogP contribution in [0.5, 0.6) is 0 Å². The van der Waals surface area contributed by atoms with Crippen molar-refractivity contribution in [3.8, 4) is 0 Å². The Kier molecular flexibility index (Phi) is 6.05. The number of fused-ring (bicyclic) bond motifs is 1. The molecule has 0 fully saturated rings.